The number of hydrogen-bond acceptors (Lipinski definition) is 3. The summed E-state index contributed by atoms with van der Waals surface area (Å²) in [5.74, 6) is -0.184. The van der Waals surface area contributed by atoms with E-state index in [0.29, 0.717) is 12.6 Å². The van der Waals surface area contributed by atoms with Crippen molar-refractivity contribution in [1.29, 1.82) is 0 Å². The number of hydrogen-bond donors (Lipinski definition) is 1. The third-order valence-corrected chi connectivity index (χ3v) is 4.31. The topological polar surface area (TPSA) is 38.5 Å². The molecule has 2 unspecified atom stereocenters. The Balaban J connectivity index is 2.18. The fraction of sp³-hybridized carbons (Fsp3) is 0.625. The number of nitrogens with two attached hydrogens (primary N) is 1. The van der Waals surface area contributed by atoms with Crippen LogP contribution in [-0.4, -0.2) is 42.8 Å². The average Bonchev–Trinajstić information content (AvgIpc) is 2.47. The molecule has 1 aromatic carbocycles. The first-order valence-corrected chi connectivity index (χ1v) is 7.38. The normalized spacial score (nSPS) is 23.5. The monoisotopic (exact) mass is 280 g/mol. The van der Waals surface area contributed by atoms with E-state index in [1.807, 2.05) is 6.07 Å². The van der Waals surface area contributed by atoms with Crippen LogP contribution < -0.4 is 5.73 Å². The molecular formula is C16H25FN2O. The van der Waals surface area contributed by atoms with Crippen LogP contribution in [0.4, 0.5) is 4.39 Å². The molecule has 1 aliphatic rings. The van der Waals surface area contributed by atoms with Crippen LogP contribution in [0.5, 0.6) is 0 Å². The molecule has 3 nitrogen and oxygen atoms in total. The third kappa shape index (κ3) is 3.37. The van der Waals surface area contributed by atoms with E-state index in [1.165, 1.54) is 6.07 Å². The molecule has 0 bridgehead atoms. The van der Waals surface area contributed by atoms with E-state index in [4.69, 9.17) is 10.5 Å². The molecule has 1 aliphatic heterocycles. The van der Waals surface area contributed by atoms with Crippen molar-refractivity contribution in [2.45, 2.75) is 38.3 Å². The van der Waals surface area contributed by atoms with Gasteiger partial charge in [-0.2, -0.15) is 0 Å². The molecule has 0 radical (unpaired) electrons. The summed E-state index contributed by atoms with van der Waals surface area (Å²) in [6.45, 7) is 7.30. The van der Waals surface area contributed by atoms with Crippen molar-refractivity contribution >= 4 is 0 Å². The highest BCUT2D eigenvalue weighted by atomic mass is 19.1. The minimum Gasteiger partial charge on any atom is -0.378 e. The Morgan fingerprint density at radius 2 is 2.30 bits per heavy atom. The van der Waals surface area contributed by atoms with E-state index in [9.17, 15) is 4.39 Å². The summed E-state index contributed by atoms with van der Waals surface area (Å²) in [6, 6.07) is 7.21. The summed E-state index contributed by atoms with van der Waals surface area (Å²) in [4.78, 5) is 2.45. The highest BCUT2D eigenvalue weighted by Crippen LogP contribution is 2.26. The van der Waals surface area contributed by atoms with Gasteiger partial charge in [0.25, 0.3) is 0 Å². The number of halogens is 1. The van der Waals surface area contributed by atoms with E-state index in [0.717, 1.165) is 38.2 Å². The van der Waals surface area contributed by atoms with Crippen LogP contribution in [0.25, 0.3) is 0 Å². The van der Waals surface area contributed by atoms with Gasteiger partial charge in [0.15, 0.2) is 0 Å². The van der Waals surface area contributed by atoms with Crippen molar-refractivity contribution in [3.63, 3.8) is 0 Å². The van der Waals surface area contributed by atoms with Crippen molar-refractivity contribution in [1.82, 2.24) is 4.90 Å². The quantitative estimate of drug-likeness (QED) is 0.898. The van der Waals surface area contributed by atoms with Crippen molar-refractivity contribution in [2.75, 3.05) is 26.3 Å². The molecule has 4 heteroatoms. The van der Waals surface area contributed by atoms with Gasteiger partial charge in [-0.1, -0.05) is 19.1 Å². The lowest BCUT2D eigenvalue weighted by Gasteiger charge is -2.47. The van der Waals surface area contributed by atoms with Gasteiger partial charge in [-0.25, -0.2) is 4.39 Å². The lowest BCUT2D eigenvalue weighted by Crippen LogP contribution is -2.61. The Morgan fingerprint density at radius 3 is 2.95 bits per heavy atom. The molecule has 0 aromatic heterocycles. The molecule has 0 aliphatic carbocycles. The summed E-state index contributed by atoms with van der Waals surface area (Å²) in [7, 11) is 0. The van der Waals surface area contributed by atoms with Crippen LogP contribution in [0.1, 0.15) is 25.8 Å². The summed E-state index contributed by atoms with van der Waals surface area (Å²) < 4.78 is 18.9. The number of morpholine rings is 1. The second-order valence-electron chi connectivity index (χ2n) is 5.84. The van der Waals surface area contributed by atoms with Gasteiger partial charge in [-0.15, -0.1) is 0 Å². The lowest BCUT2D eigenvalue weighted by molar-refractivity contribution is -0.0582. The standard InChI is InChI=1S/C16H25FN2O/c1-3-15-11-20-8-7-19(15)16(2,12-18)10-13-5-4-6-14(17)9-13/h4-6,9,15H,3,7-8,10-12,18H2,1-2H3. The van der Waals surface area contributed by atoms with E-state index >= 15 is 0 Å². The Morgan fingerprint density at radius 1 is 1.50 bits per heavy atom. The molecule has 1 fully saturated rings. The predicted molar refractivity (Wildman–Crippen MR) is 79.2 cm³/mol. The maximum atomic E-state index is 13.4. The molecule has 0 spiro atoms. The maximum Gasteiger partial charge on any atom is 0.123 e. The molecule has 20 heavy (non-hydrogen) atoms. The van der Waals surface area contributed by atoms with Gasteiger partial charge in [0.2, 0.25) is 0 Å². The maximum absolute atomic E-state index is 13.4. The molecule has 1 aromatic rings. The molecule has 0 saturated carbocycles. The second-order valence-corrected chi connectivity index (χ2v) is 5.84. The molecule has 2 atom stereocenters. The molecule has 0 amide bonds. The molecule has 1 heterocycles. The predicted octanol–water partition coefficient (Wildman–Crippen LogP) is 2.20. The third-order valence-electron chi connectivity index (χ3n) is 4.31. The van der Waals surface area contributed by atoms with Gasteiger partial charge in [0, 0.05) is 24.7 Å². The smallest absolute Gasteiger partial charge is 0.123 e. The minimum atomic E-state index is -0.184. The highest BCUT2D eigenvalue weighted by molar-refractivity contribution is 5.19. The first kappa shape index (κ1) is 15.4. The van der Waals surface area contributed by atoms with Crippen LogP contribution in [0, 0.1) is 5.82 Å². The summed E-state index contributed by atoms with van der Waals surface area (Å²) in [5.41, 5.74) is 6.91. The van der Waals surface area contributed by atoms with Crippen molar-refractivity contribution < 1.29 is 9.13 Å². The minimum absolute atomic E-state index is 0.155. The number of ether oxygens (including phenoxy) is 1. The van der Waals surface area contributed by atoms with Crippen molar-refractivity contribution in [3.8, 4) is 0 Å². The van der Waals surface area contributed by atoms with Gasteiger partial charge in [-0.05, 0) is 37.5 Å². The first-order chi connectivity index (χ1) is 9.59. The second kappa shape index (κ2) is 6.66. The van der Waals surface area contributed by atoms with Crippen LogP contribution in [0.15, 0.2) is 24.3 Å². The van der Waals surface area contributed by atoms with Crippen molar-refractivity contribution in [3.05, 3.63) is 35.6 Å². The van der Waals surface area contributed by atoms with E-state index in [-0.39, 0.29) is 11.4 Å². The van der Waals surface area contributed by atoms with E-state index in [2.05, 4.69) is 18.7 Å². The van der Waals surface area contributed by atoms with E-state index in [1.54, 1.807) is 12.1 Å². The zero-order valence-corrected chi connectivity index (χ0v) is 12.4. The van der Waals surface area contributed by atoms with Crippen LogP contribution >= 0.6 is 0 Å². The molecule has 112 valence electrons. The number of rotatable bonds is 5. The fourth-order valence-electron chi connectivity index (χ4n) is 3.08. The van der Waals surface area contributed by atoms with Gasteiger partial charge in [0.05, 0.1) is 13.2 Å². The van der Waals surface area contributed by atoms with Gasteiger partial charge < -0.3 is 10.5 Å². The van der Waals surface area contributed by atoms with Crippen LogP contribution in [-0.2, 0) is 11.2 Å². The Kier molecular flexibility index (Phi) is 5.13. The van der Waals surface area contributed by atoms with E-state index < -0.39 is 0 Å². The lowest BCUT2D eigenvalue weighted by atomic mass is 9.88. The molecule has 2 N–H and O–H groups in total. The SMILES string of the molecule is CCC1COCCN1C(C)(CN)Cc1cccc(F)c1. The zero-order valence-electron chi connectivity index (χ0n) is 12.4. The zero-order chi connectivity index (χ0) is 14.6. The van der Waals surface area contributed by atoms with Gasteiger partial charge >= 0.3 is 0 Å². The molecular weight excluding hydrogens is 255 g/mol. The van der Waals surface area contributed by atoms with Gasteiger partial charge in [0.1, 0.15) is 5.82 Å². The molecule has 2 rings (SSSR count). The highest BCUT2D eigenvalue weighted by Gasteiger charge is 2.36. The largest absolute Gasteiger partial charge is 0.378 e. The number of benzene rings is 1. The van der Waals surface area contributed by atoms with Crippen LogP contribution in [0.3, 0.4) is 0 Å². The molecule has 1 saturated heterocycles. The average molecular weight is 280 g/mol. The Labute approximate surface area is 120 Å². The Hall–Kier alpha value is -0.970. The van der Waals surface area contributed by atoms with Crippen LogP contribution in [0.2, 0.25) is 0 Å². The van der Waals surface area contributed by atoms with Crippen molar-refractivity contribution in [2.24, 2.45) is 5.73 Å². The fourth-order valence-corrected chi connectivity index (χ4v) is 3.08. The van der Waals surface area contributed by atoms with Gasteiger partial charge in [-0.3, -0.25) is 4.90 Å². The summed E-state index contributed by atoms with van der Waals surface area (Å²) in [6.07, 6.45) is 1.80. The summed E-state index contributed by atoms with van der Waals surface area (Å²) in [5, 5.41) is 0. The summed E-state index contributed by atoms with van der Waals surface area (Å²) >= 11 is 0. The number of nitrogens with zero attached hydrogens (tertiary/aromatic N) is 1. The Bertz CT molecular complexity index is 440. The first-order valence-electron chi connectivity index (χ1n) is 7.38.